The second kappa shape index (κ2) is 6.38. The molecule has 1 saturated heterocycles. The molecular formula is C13H21FN2O5S. The molecule has 1 aliphatic heterocycles. The van der Waals surface area contributed by atoms with Gasteiger partial charge < -0.3 is 9.58 Å². The Morgan fingerprint density at radius 2 is 2.00 bits per heavy atom. The van der Waals surface area contributed by atoms with Crippen LogP contribution in [0.25, 0.3) is 4.85 Å². The predicted molar refractivity (Wildman–Crippen MR) is 77.4 cm³/mol. The summed E-state index contributed by atoms with van der Waals surface area (Å²) in [5, 5.41) is 0. The van der Waals surface area contributed by atoms with E-state index in [-0.39, 0.29) is 26.1 Å². The van der Waals surface area contributed by atoms with E-state index in [0.29, 0.717) is 0 Å². The maximum absolute atomic E-state index is 14.2. The number of ether oxygens (including phenoxy) is 1. The largest absolute Gasteiger partial charge is 0.444 e. The molecule has 0 aliphatic carbocycles. The van der Waals surface area contributed by atoms with Gasteiger partial charge in [0.25, 0.3) is 15.7 Å². The van der Waals surface area contributed by atoms with Gasteiger partial charge in [0.2, 0.25) is 0 Å². The molecule has 1 heterocycles. The van der Waals surface area contributed by atoms with Crippen molar-refractivity contribution < 1.29 is 26.5 Å². The topological polar surface area (TPSA) is 77.3 Å². The molecule has 0 saturated carbocycles. The highest BCUT2D eigenvalue weighted by molar-refractivity contribution is 7.85. The Labute approximate surface area is 130 Å². The van der Waals surface area contributed by atoms with Crippen LogP contribution in [0.2, 0.25) is 0 Å². The summed E-state index contributed by atoms with van der Waals surface area (Å²) in [6.45, 7) is 11.8. The molecule has 22 heavy (non-hydrogen) atoms. The predicted octanol–water partition coefficient (Wildman–Crippen LogP) is 1.60. The summed E-state index contributed by atoms with van der Waals surface area (Å²) in [6.07, 6.45) is -1.52. The number of likely N-dealkylation sites (tertiary alicyclic amines) is 1. The van der Waals surface area contributed by atoms with Crippen molar-refractivity contribution in [2.24, 2.45) is 0 Å². The lowest BCUT2D eigenvalue weighted by molar-refractivity contribution is -0.0177. The van der Waals surface area contributed by atoms with E-state index < -0.39 is 33.5 Å². The average Bonchev–Trinajstić information content (AvgIpc) is 2.23. The van der Waals surface area contributed by atoms with Crippen molar-refractivity contribution >= 4 is 16.2 Å². The van der Waals surface area contributed by atoms with Gasteiger partial charge in [0, 0.05) is 6.42 Å². The fraction of sp³-hybridized carbons (Fsp3) is 0.846. The molecule has 1 aliphatic rings. The molecule has 1 unspecified atom stereocenters. The maximum atomic E-state index is 14.2. The Balaban J connectivity index is 2.53. The summed E-state index contributed by atoms with van der Waals surface area (Å²) in [7, 11) is -3.63. The van der Waals surface area contributed by atoms with E-state index in [9.17, 15) is 17.6 Å². The van der Waals surface area contributed by atoms with Crippen molar-refractivity contribution in [1.82, 2.24) is 4.90 Å². The van der Waals surface area contributed by atoms with Gasteiger partial charge in [-0.05, 0) is 20.8 Å². The van der Waals surface area contributed by atoms with Gasteiger partial charge in [-0.25, -0.2) is 15.8 Å². The van der Waals surface area contributed by atoms with Crippen LogP contribution in [-0.2, 0) is 19.0 Å². The molecule has 0 spiro atoms. The smallest absolute Gasteiger partial charge is 0.410 e. The third-order valence-electron chi connectivity index (χ3n) is 3.06. The molecule has 126 valence electrons. The van der Waals surface area contributed by atoms with Gasteiger partial charge in [-0.15, -0.1) is 0 Å². The normalized spacial score (nSPS) is 19.0. The molecule has 1 atom stereocenters. The van der Waals surface area contributed by atoms with Gasteiger partial charge in [-0.3, -0.25) is 9.08 Å². The minimum Gasteiger partial charge on any atom is -0.444 e. The first-order chi connectivity index (χ1) is 9.88. The fourth-order valence-corrected chi connectivity index (χ4v) is 2.38. The Bertz CT molecular complexity index is 558. The van der Waals surface area contributed by atoms with Crippen LogP contribution in [0.4, 0.5) is 9.18 Å². The summed E-state index contributed by atoms with van der Waals surface area (Å²) in [5.41, 5.74) is -2.01. The molecule has 0 aromatic carbocycles. The summed E-state index contributed by atoms with van der Waals surface area (Å²) in [5.74, 6) is 0. The number of hydrogen-bond donors (Lipinski definition) is 0. The molecule has 0 radical (unpaired) electrons. The minimum atomic E-state index is -3.63. The number of carbonyl (C=O) groups excluding carboxylic acids is 1. The van der Waals surface area contributed by atoms with E-state index in [0.717, 1.165) is 6.26 Å². The standard InChI is InChI=1S/C13H21FN2O5S/c1-12(2,3)21-11(17)16-8-13(9-16,15-4)10(14)6-7-20-22(5,18)19/h10H,6-9H2,1-3,5H3. The van der Waals surface area contributed by atoms with Crippen LogP contribution in [0.15, 0.2) is 0 Å². The Morgan fingerprint density at radius 3 is 2.41 bits per heavy atom. The van der Waals surface area contributed by atoms with Gasteiger partial charge in [-0.1, -0.05) is 0 Å². The zero-order valence-corrected chi connectivity index (χ0v) is 13.9. The monoisotopic (exact) mass is 336 g/mol. The van der Waals surface area contributed by atoms with Crippen molar-refractivity contribution in [2.75, 3.05) is 26.0 Å². The summed E-state index contributed by atoms with van der Waals surface area (Å²) in [6, 6.07) is 0. The first kappa shape index (κ1) is 18.6. The first-order valence-electron chi connectivity index (χ1n) is 6.73. The highest BCUT2D eigenvalue weighted by Gasteiger charge is 2.58. The van der Waals surface area contributed by atoms with Crippen LogP contribution in [0, 0.1) is 6.57 Å². The molecule has 0 aromatic heterocycles. The first-order valence-corrected chi connectivity index (χ1v) is 8.55. The third kappa shape index (κ3) is 5.10. The van der Waals surface area contributed by atoms with Crippen molar-refractivity contribution in [1.29, 1.82) is 0 Å². The van der Waals surface area contributed by atoms with E-state index in [1.807, 2.05) is 0 Å². The van der Waals surface area contributed by atoms with Gasteiger partial charge >= 0.3 is 6.09 Å². The van der Waals surface area contributed by atoms with Gasteiger partial charge in [0.1, 0.15) is 18.7 Å². The van der Waals surface area contributed by atoms with Crippen molar-refractivity contribution in [2.45, 2.75) is 44.5 Å². The number of amides is 1. The van der Waals surface area contributed by atoms with Gasteiger partial charge in [0.15, 0.2) is 6.17 Å². The Morgan fingerprint density at radius 1 is 1.45 bits per heavy atom. The van der Waals surface area contributed by atoms with Crippen molar-refractivity contribution in [3.05, 3.63) is 11.4 Å². The van der Waals surface area contributed by atoms with Crippen LogP contribution in [0.3, 0.4) is 0 Å². The molecule has 0 bridgehead atoms. The van der Waals surface area contributed by atoms with E-state index in [4.69, 9.17) is 11.3 Å². The number of rotatable bonds is 5. The maximum Gasteiger partial charge on any atom is 0.410 e. The molecule has 0 aromatic rings. The summed E-state index contributed by atoms with van der Waals surface area (Å²) in [4.78, 5) is 16.3. The number of halogens is 1. The van der Waals surface area contributed by atoms with Crippen molar-refractivity contribution in [3.63, 3.8) is 0 Å². The quantitative estimate of drug-likeness (QED) is 0.563. The molecule has 1 amide bonds. The highest BCUT2D eigenvalue weighted by Crippen LogP contribution is 2.33. The lowest BCUT2D eigenvalue weighted by Crippen LogP contribution is -2.66. The van der Waals surface area contributed by atoms with Crippen LogP contribution >= 0.6 is 0 Å². The van der Waals surface area contributed by atoms with E-state index in [2.05, 4.69) is 9.03 Å². The lowest BCUT2D eigenvalue weighted by Gasteiger charge is -2.42. The zero-order valence-electron chi connectivity index (χ0n) is 13.1. The van der Waals surface area contributed by atoms with E-state index in [1.165, 1.54) is 4.90 Å². The second-order valence-electron chi connectivity index (χ2n) is 6.33. The molecule has 1 rings (SSSR count). The number of carbonyl (C=O) groups is 1. The van der Waals surface area contributed by atoms with E-state index >= 15 is 0 Å². The third-order valence-corrected chi connectivity index (χ3v) is 3.65. The van der Waals surface area contributed by atoms with Crippen molar-refractivity contribution in [3.8, 4) is 0 Å². The van der Waals surface area contributed by atoms with Crippen LogP contribution < -0.4 is 0 Å². The van der Waals surface area contributed by atoms with Crippen LogP contribution in [0.5, 0.6) is 0 Å². The Hall–Kier alpha value is -1.40. The lowest BCUT2D eigenvalue weighted by atomic mass is 9.84. The Kier molecular flexibility index (Phi) is 5.41. The minimum absolute atomic E-state index is 0.0779. The molecule has 0 N–H and O–H groups in total. The fourth-order valence-electron chi connectivity index (χ4n) is 1.98. The van der Waals surface area contributed by atoms with Gasteiger partial charge in [0.05, 0.1) is 12.9 Å². The molecular weight excluding hydrogens is 315 g/mol. The number of hydrogen-bond acceptors (Lipinski definition) is 5. The summed E-state index contributed by atoms with van der Waals surface area (Å²) >= 11 is 0. The zero-order chi connectivity index (χ0) is 17.2. The highest BCUT2D eigenvalue weighted by atomic mass is 32.2. The molecule has 1 fully saturated rings. The molecule has 9 heteroatoms. The molecule has 7 nitrogen and oxygen atoms in total. The van der Waals surface area contributed by atoms with E-state index in [1.54, 1.807) is 20.8 Å². The number of nitrogens with zero attached hydrogens (tertiary/aromatic N) is 2. The second-order valence-corrected chi connectivity index (χ2v) is 7.98. The van der Waals surface area contributed by atoms with Crippen LogP contribution in [0.1, 0.15) is 27.2 Å². The van der Waals surface area contributed by atoms with Gasteiger partial charge in [-0.2, -0.15) is 8.42 Å². The van der Waals surface area contributed by atoms with Crippen LogP contribution in [-0.4, -0.2) is 62.7 Å². The number of alkyl halides is 1. The summed E-state index contributed by atoms with van der Waals surface area (Å²) < 4.78 is 45.4. The SMILES string of the molecule is [C-]#[N+]C1(C(F)CCOS(C)(=O)=O)CN(C(=O)OC(C)(C)C)C1. The average molecular weight is 336 g/mol.